The number of esters is 2. The van der Waals surface area contributed by atoms with Gasteiger partial charge in [-0.1, -0.05) is 37.8 Å². The molecule has 7 heteroatoms. The molecule has 1 heterocycles. The van der Waals surface area contributed by atoms with E-state index in [1.165, 1.54) is 0 Å². The molecule has 0 fully saturated rings. The maximum absolute atomic E-state index is 13.5. The van der Waals surface area contributed by atoms with E-state index in [0.29, 0.717) is 44.9 Å². The third-order valence-corrected chi connectivity index (χ3v) is 6.06. The SMILES string of the molecule is CCCCCCC(=O)Oc1ccc2c(c1)c(CC(=O)OC(C)(C)C)c(C)n2C(=O)c1ccc(Cl)cc1. The first-order valence-corrected chi connectivity index (χ1v) is 12.7. The lowest BCUT2D eigenvalue weighted by Gasteiger charge is -2.19. The topological polar surface area (TPSA) is 74.6 Å². The van der Waals surface area contributed by atoms with Crippen molar-refractivity contribution in [3.05, 3.63) is 64.3 Å². The molecule has 0 saturated heterocycles. The van der Waals surface area contributed by atoms with E-state index in [2.05, 4.69) is 6.92 Å². The monoisotopic (exact) mass is 511 g/mol. The van der Waals surface area contributed by atoms with Crippen molar-refractivity contribution >= 4 is 40.3 Å². The predicted octanol–water partition coefficient (Wildman–Crippen LogP) is 7.05. The highest BCUT2D eigenvalue weighted by Gasteiger charge is 2.24. The summed E-state index contributed by atoms with van der Waals surface area (Å²) in [5.74, 6) is -0.566. The quantitative estimate of drug-likeness (QED) is 0.175. The van der Waals surface area contributed by atoms with Crippen LogP contribution in [0.1, 0.15) is 81.4 Å². The number of carbonyl (C=O) groups excluding carboxylic acids is 3. The molecule has 0 unspecified atom stereocenters. The summed E-state index contributed by atoms with van der Waals surface area (Å²) in [4.78, 5) is 38.6. The van der Waals surface area contributed by atoms with Crippen molar-refractivity contribution < 1.29 is 23.9 Å². The van der Waals surface area contributed by atoms with Crippen LogP contribution in [0.5, 0.6) is 5.75 Å². The third-order valence-electron chi connectivity index (χ3n) is 5.81. The second kappa shape index (κ2) is 11.7. The predicted molar refractivity (Wildman–Crippen MR) is 142 cm³/mol. The molecule has 0 saturated carbocycles. The average Bonchev–Trinajstić information content (AvgIpc) is 3.06. The van der Waals surface area contributed by atoms with Crippen molar-refractivity contribution in [3.63, 3.8) is 0 Å². The number of benzene rings is 2. The van der Waals surface area contributed by atoms with Crippen molar-refractivity contribution in [3.8, 4) is 5.75 Å². The number of carbonyl (C=O) groups is 3. The standard InChI is InChI=1S/C29H34ClNO5/c1-6-7-8-9-10-26(32)35-22-15-16-25-24(17-22)23(18-27(33)36-29(3,4)5)19(2)31(25)28(34)20-11-13-21(30)14-12-20/h11-17H,6-10,18H2,1-5H3. The summed E-state index contributed by atoms with van der Waals surface area (Å²) in [5.41, 5.74) is 1.72. The Balaban J connectivity index is 1.99. The van der Waals surface area contributed by atoms with Crippen molar-refractivity contribution in [1.29, 1.82) is 0 Å². The van der Waals surface area contributed by atoms with Gasteiger partial charge in [-0.25, -0.2) is 0 Å². The van der Waals surface area contributed by atoms with Gasteiger partial charge in [-0.2, -0.15) is 0 Å². The van der Waals surface area contributed by atoms with Crippen LogP contribution in [0.25, 0.3) is 10.9 Å². The minimum Gasteiger partial charge on any atom is -0.460 e. The van der Waals surface area contributed by atoms with Crippen molar-refractivity contribution in [2.75, 3.05) is 0 Å². The molecule has 0 atom stereocenters. The zero-order valence-electron chi connectivity index (χ0n) is 21.7. The number of fused-ring (bicyclic) bond motifs is 1. The van der Waals surface area contributed by atoms with Crippen LogP contribution in [-0.2, 0) is 20.7 Å². The summed E-state index contributed by atoms with van der Waals surface area (Å²) in [6.07, 6.45) is 4.27. The molecule has 2 aromatic carbocycles. The van der Waals surface area contributed by atoms with Gasteiger partial charge in [-0.15, -0.1) is 0 Å². The fourth-order valence-electron chi connectivity index (χ4n) is 4.13. The Morgan fingerprint density at radius 1 is 0.944 bits per heavy atom. The van der Waals surface area contributed by atoms with Crippen LogP contribution in [0.4, 0.5) is 0 Å². The molecule has 36 heavy (non-hydrogen) atoms. The fourth-order valence-corrected chi connectivity index (χ4v) is 4.26. The van der Waals surface area contributed by atoms with Crippen LogP contribution in [0.2, 0.25) is 5.02 Å². The van der Waals surface area contributed by atoms with Gasteiger partial charge in [0.15, 0.2) is 0 Å². The van der Waals surface area contributed by atoms with Gasteiger partial charge in [0.2, 0.25) is 0 Å². The summed E-state index contributed by atoms with van der Waals surface area (Å²) < 4.78 is 12.7. The van der Waals surface area contributed by atoms with Gasteiger partial charge in [0, 0.05) is 28.1 Å². The van der Waals surface area contributed by atoms with E-state index in [9.17, 15) is 14.4 Å². The molecule has 0 aliphatic rings. The lowest BCUT2D eigenvalue weighted by Crippen LogP contribution is -2.25. The number of hydrogen-bond donors (Lipinski definition) is 0. The van der Waals surface area contributed by atoms with E-state index in [4.69, 9.17) is 21.1 Å². The molecule has 0 bridgehead atoms. The Labute approximate surface area is 217 Å². The second-order valence-corrected chi connectivity index (χ2v) is 10.4. The number of aromatic nitrogens is 1. The fraction of sp³-hybridized carbons (Fsp3) is 0.414. The van der Waals surface area contributed by atoms with E-state index in [-0.39, 0.29) is 18.3 Å². The van der Waals surface area contributed by atoms with E-state index in [0.717, 1.165) is 25.7 Å². The molecule has 3 rings (SSSR count). The van der Waals surface area contributed by atoms with E-state index >= 15 is 0 Å². The zero-order chi connectivity index (χ0) is 26.5. The Morgan fingerprint density at radius 2 is 1.64 bits per heavy atom. The molecular formula is C29H34ClNO5. The Bertz CT molecular complexity index is 1250. The Kier molecular flexibility index (Phi) is 8.96. The van der Waals surface area contributed by atoms with E-state index < -0.39 is 11.6 Å². The number of rotatable bonds is 9. The van der Waals surface area contributed by atoms with Crippen LogP contribution in [0.15, 0.2) is 42.5 Å². The summed E-state index contributed by atoms with van der Waals surface area (Å²) in [5, 5.41) is 1.20. The first-order chi connectivity index (χ1) is 17.0. The smallest absolute Gasteiger partial charge is 0.311 e. The summed E-state index contributed by atoms with van der Waals surface area (Å²) in [7, 11) is 0. The molecule has 1 aromatic heterocycles. The van der Waals surface area contributed by atoms with Crippen LogP contribution in [0.3, 0.4) is 0 Å². The number of hydrogen-bond acceptors (Lipinski definition) is 5. The molecule has 0 spiro atoms. The lowest BCUT2D eigenvalue weighted by atomic mass is 10.1. The van der Waals surface area contributed by atoms with E-state index in [1.807, 2.05) is 20.8 Å². The molecule has 0 aliphatic carbocycles. The summed E-state index contributed by atoms with van der Waals surface area (Å²) >= 11 is 6.00. The van der Waals surface area contributed by atoms with Gasteiger partial charge >= 0.3 is 11.9 Å². The third kappa shape index (κ3) is 6.97. The molecule has 0 N–H and O–H groups in total. The minimum atomic E-state index is -0.638. The van der Waals surface area contributed by atoms with Gasteiger partial charge in [-0.3, -0.25) is 19.0 Å². The normalized spacial score (nSPS) is 11.5. The van der Waals surface area contributed by atoms with Crippen LogP contribution >= 0.6 is 11.6 Å². The number of unbranched alkanes of at least 4 members (excludes halogenated alkanes) is 3. The highest BCUT2D eigenvalue weighted by molar-refractivity contribution is 6.30. The van der Waals surface area contributed by atoms with Gasteiger partial charge in [0.05, 0.1) is 11.9 Å². The van der Waals surface area contributed by atoms with Gasteiger partial charge in [0.1, 0.15) is 11.4 Å². The van der Waals surface area contributed by atoms with E-state index in [1.54, 1.807) is 54.0 Å². The van der Waals surface area contributed by atoms with Crippen molar-refractivity contribution in [1.82, 2.24) is 4.57 Å². The van der Waals surface area contributed by atoms with Gasteiger partial charge in [-0.05, 0) is 82.1 Å². The van der Waals surface area contributed by atoms with Gasteiger partial charge in [0.25, 0.3) is 5.91 Å². The molecular weight excluding hydrogens is 478 g/mol. The van der Waals surface area contributed by atoms with Crippen LogP contribution in [-0.4, -0.2) is 28.0 Å². The summed E-state index contributed by atoms with van der Waals surface area (Å²) in [6.45, 7) is 9.34. The molecule has 192 valence electrons. The minimum absolute atomic E-state index is 0.0189. The summed E-state index contributed by atoms with van der Waals surface area (Å²) in [6, 6.07) is 11.8. The second-order valence-electron chi connectivity index (χ2n) is 9.94. The molecule has 0 radical (unpaired) electrons. The maximum atomic E-state index is 13.5. The zero-order valence-corrected chi connectivity index (χ0v) is 22.4. The van der Waals surface area contributed by atoms with Crippen molar-refractivity contribution in [2.45, 2.75) is 78.7 Å². The number of nitrogens with zero attached hydrogens (tertiary/aromatic N) is 1. The Morgan fingerprint density at radius 3 is 2.28 bits per heavy atom. The maximum Gasteiger partial charge on any atom is 0.311 e. The molecule has 0 amide bonds. The Hall–Kier alpha value is -3.12. The average molecular weight is 512 g/mol. The first kappa shape index (κ1) is 27.5. The molecule has 0 aliphatic heterocycles. The highest BCUT2D eigenvalue weighted by Crippen LogP contribution is 2.31. The molecule has 6 nitrogen and oxygen atoms in total. The molecule has 3 aromatic rings. The van der Waals surface area contributed by atoms with Crippen LogP contribution < -0.4 is 4.74 Å². The van der Waals surface area contributed by atoms with Gasteiger partial charge < -0.3 is 9.47 Å². The van der Waals surface area contributed by atoms with Crippen LogP contribution in [0, 0.1) is 6.92 Å². The largest absolute Gasteiger partial charge is 0.460 e. The number of halogens is 1. The number of ether oxygens (including phenoxy) is 2. The highest BCUT2D eigenvalue weighted by atomic mass is 35.5. The van der Waals surface area contributed by atoms with Crippen molar-refractivity contribution in [2.24, 2.45) is 0 Å². The first-order valence-electron chi connectivity index (χ1n) is 12.4. The lowest BCUT2D eigenvalue weighted by molar-refractivity contribution is -0.153.